The minimum Gasteiger partial charge on any atom is -0.354 e. The van der Waals surface area contributed by atoms with Crippen molar-refractivity contribution in [3.8, 4) is 0 Å². The molecule has 2 aromatic heterocycles. The van der Waals surface area contributed by atoms with Crippen molar-refractivity contribution in [3.63, 3.8) is 0 Å². The van der Waals surface area contributed by atoms with E-state index in [-0.39, 0.29) is 23.8 Å². The van der Waals surface area contributed by atoms with Crippen molar-refractivity contribution in [2.75, 3.05) is 14.1 Å². The Hall–Kier alpha value is -3.10. The molecule has 0 saturated heterocycles. The first-order valence-corrected chi connectivity index (χ1v) is 9.63. The van der Waals surface area contributed by atoms with Gasteiger partial charge in [-0.05, 0) is 25.2 Å². The number of fused-ring (bicyclic) bond motifs is 2. The first-order chi connectivity index (χ1) is 13.6. The van der Waals surface area contributed by atoms with Gasteiger partial charge in [-0.1, -0.05) is 30.3 Å². The molecular weight excluding hydrogens is 374 g/mol. The van der Waals surface area contributed by atoms with E-state index in [1.807, 2.05) is 36.2 Å². The Morgan fingerprint density at radius 1 is 1.14 bits per heavy atom. The van der Waals surface area contributed by atoms with Gasteiger partial charge in [0, 0.05) is 12.4 Å². The highest BCUT2D eigenvalue weighted by Gasteiger charge is 2.16. The van der Waals surface area contributed by atoms with Gasteiger partial charge in [0.15, 0.2) is 5.69 Å². The Bertz CT molecular complexity index is 1200. The number of amides is 1. The van der Waals surface area contributed by atoms with E-state index in [1.165, 1.54) is 4.68 Å². The van der Waals surface area contributed by atoms with Gasteiger partial charge in [0.1, 0.15) is 5.01 Å². The van der Waals surface area contributed by atoms with Crippen LogP contribution in [0, 0.1) is 0 Å². The summed E-state index contributed by atoms with van der Waals surface area (Å²) in [5.41, 5.74) is 0.990. The Morgan fingerprint density at radius 3 is 2.61 bits per heavy atom. The van der Waals surface area contributed by atoms with E-state index in [9.17, 15) is 9.59 Å². The summed E-state index contributed by atoms with van der Waals surface area (Å²) in [5.74, 6) is -0.321. The lowest BCUT2D eigenvalue weighted by atomic mass is 10.1. The second-order valence-corrected chi connectivity index (χ2v) is 7.62. The first-order valence-electron chi connectivity index (χ1n) is 8.82. The summed E-state index contributed by atoms with van der Waals surface area (Å²) in [6, 6.07) is 15.0. The highest BCUT2D eigenvalue weighted by molar-refractivity contribution is 7.18. The van der Waals surface area contributed by atoms with Gasteiger partial charge < -0.3 is 5.32 Å². The third-order valence-corrected chi connectivity index (χ3v) is 5.45. The number of nitrogens with zero attached hydrogens (tertiary/aromatic N) is 4. The lowest BCUT2D eigenvalue weighted by Gasteiger charge is -2.17. The van der Waals surface area contributed by atoms with Crippen LogP contribution in [0.2, 0.25) is 0 Å². The Morgan fingerprint density at radius 2 is 1.86 bits per heavy atom. The second kappa shape index (κ2) is 7.49. The van der Waals surface area contributed by atoms with E-state index in [1.54, 1.807) is 42.6 Å². The molecule has 8 heteroatoms. The molecule has 1 N–H and O–H groups in total. The van der Waals surface area contributed by atoms with Gasteiger partial charge in [-0.2, -0.15) is 5.10 Å². The van der Waals surface area contributed by atoms with Crippen molar-refractivity contribution < 1.29 is 4.79 Å². The van der Waals surface area contributed by atoms with Crippen LogP contribution in [-0.4, -0.2) is 39.7 Å². The fraction of sp³-hybridized carbons (Fsp3) is 0.200. The van der Waals surface area contributed by atoms with Gasteiger partial charge in [0.05, 0.1) is 28.8 Å². The van der Waals surface area contributed by atoms with Gasteiger partial charge in [-0.15, -0.1) is 11.3 Å². The van der Waals surface area contributed by atoms with E-state index in [0.717, 1.165) is 15.2 Å². The van der Waals surface area contributed by atoms with Crippen molar-refractivity contribution in [2.24, 2.45) is 0 Å². The molecule has 4 aromatic rings. The molecule has 2 heterocycles. The number of aromatic nitrogens is 3. The van der Waals surface area contributed by atoms with Crippen LogP contribution in [0.1, 0.15) is 15.5 Å². The average Bonchev–Trinajstić information content (AvgIpc) is 3.11. The number of benzene rings is 2. The lowest BCUT2D eigenvalue weighted by molar-refractivity contribution is 0.0956. The lowest BCUT2D eigenvalue weighted by Crippen LogP contribution is -2.34. The predicted molar refractivity (Wildman–Crippen MR) is 110 cm³/mol. The molecule has 2 aromatic carbocycles. The number of thiazole rings is 1. The van der Waals surface area contributed by atoms with Crippen molar-refractivity contribution in [1.29, 1.82) is 0 Å². The minimum atomic E-state index is -0.321. The second-order valence-electron chi connectivity index (χ2n) is 6.51. The number of para-hydroxylation sites is 1. The average molecular weight is 393 g/mol. The molecule has 0 radical (unpaired) electrons. The number of rotatable bonds is 5. The zero-order valence-corrected chi connectivity index (χ0v) is 16.4. The van der Waals surface area contributed by atoms with E-state index < -0.39 is 0 Å². The number of hydrogen-bond donors (Lipinski definition) is 1. The normalized spacial score (nSPS) is 11.4. The van der Waals surface area contributed by atoms with Gasteiger partial charge >= 0.3 is 0 Å². The smallest absolute Gasteiger partial charge is 0.275 e. The molecule has 0 aliphatic heterocycles. The number of carbonyl (C=O) groups is 1. The number of nitrogens with one attached hydrogen (secondary N) is 1. The molecule has 0 unspecified atom stereocenters. The molecule has 4 rings (SSSR count). The molecule has 7 nitrogen and oxygen atoms in total. The van der Waals surface area contributed by atoms with E-state index in [2.05, 4.69) is 15.4 Å². The van der Waals surface area contributed by atoms with Crippen LogP contribution in [0.3, 0.4) is 0 Å². The van der Waals surface area contributed by atoms with Gasteiger partial charge in [-0.3, -0.25) is 14.5 Å². The molecule has 0 atom stereocenters. The summed E-state index contributed by atoms with van der Waals surface area (Å²) in [6.07, 6.45) is 0. The van der Waals surface area contributed by atoms with E-state index in [0.29, 0.717) is 17.3 Å². The molecule has 0 aliphatic rings. The van der Waals surface area contributed by atoms with Gasteiger partial charge in [-0.25, -0.2) is 9.67 Å². The Labute approximate surface area is 165 Å². The van der Waals surface area contributed by atoms with Crippen LogP contribution in [0.4, 0.5) is 0 Å². The summed E-state index contributed by atoms with van der Waals surface area (Å²) < 4.78 is 2.47. The Balaban J connectivity index is 1.65. The molecule has 0 spiro atoms. The third-order valence-electron chi connectivity index (χ3n) is 4.43. The van der Waals surface area contributed by atoms with Crippen LogP contribution < -0.4 is 10.9 Å². The molecule has 28 heavy (non-hydrogen) atoms. The predicted octanol–water partition coefficient (Wildman–Crippen LogP) is 2.46. The van der Waals surface area contributed by atoms with Crippen LogP contribution >= 0.6 is 11.3 Å². The number of carbonyl (C=O) groups excluding carboxylic acids is 1. The fourth-order valence-corrected chi connectivity index (χ4v) is 4.16. The third kappa shape index (κ3) is 3.39. The van der Waals surface area contributed by atoms with Crippen molar-refractivity contribution in [2.45, 2.75) is 13.2 Å². The zero-order chi connectivity index (χ0) is 19.7. The summed E-state index contributed by atoms with van der Waals surface area (Å²) in [6.45, 7) is 0.833. The molecule has 0 bridgehead atoms. The zero-order valence-electron chi connectivity index (χ0n) is 15.5. The minimum absolute atomic E-state index is 0.223. The van der Waals surface area contributed by atoms with Crippen LogP contribution in [0.15, 0.2) is 53.3 Å². The maximum atomic E-state index is 12.8. The quantitative estimate of drug-likeness (QED) is 0.563. The van der Waals surface area contributed by atoms with Crippen LogP contribution in [-0.2, 0) is 13.2 Å². The van der Waals surface area contributed by atoms with E-state index >= 15 is 0 Å². The summed E-state index contributed by atoms with van der Waals surface area (Å²) in [5, 5.41) is 8.91. The van der Waals surface area contributed by atoms with Crippen LogP contribution in [0.5, 0.6) is 0 Å². The summed E-state index contributed by atoms with van der Waals surface area (Å²) in [7, 11) is 3.45. The fourth-order valence-electron chi connectivity index (χ4n) is 3.11. The molecule has 0 aliphatic carbocycles. The first kappa shape index (κ1) is 18.3. The van der Waals surface area contributed by atoms with Crippen molar-refractivity contribution >= 4 is 38.2 Å². The maximum Gasteiger partial charge on any atom is 0.275 e. The summed E-state index contributed by atoms with van der Waals surface area (Å²) >= 11 is 1.63. The Kier molecular flexibility index (Phi) is 4.89. The van der Waals surface area contributed by atoms with Gasteiger partial charge in [0.2, 0.25) is 0 Å². The number of hydrogen-bond acceptors (Lipinski definition) is 6. The summed E-state index contributed by atoms with van der Waals surface area (Å²) in [4.78, 5) is 31.7. The SMILES string of the molecule is CNC(=O)c1nn(CN(C)Cc2nc3ccccc3s2)c(=O)c2ccccc12. The van der Waals surface area contributed by atoms with E-state index in [4.69, 9.17) is 0 Å². The van der Waals surface area contributed by atoms with Crippen LogP contribution in [0.25, 0.3) is 21.0 Å². The molecule has 1 amide bonds. The molecule has 0 fully saturated rings. The largest absolute Gasteiger partial charge is 0.354 e. The maximum absolute atomic E-state index is 12.8. The monoisotopic (exact) mass is 393 g/mol. The molecule has 142 valence electrons. The molecule has 0 saturated carbocycles. The van der Waals surface area contributed by atoms with Crippen molar-refractivity contribution in [1.82, 2.24) is 25.0 Å². The van der Waals surface area contributed by atoms with Gasteiger partial charge in [0.25, 0.3) is 11.5 Å². The standard InChI is InChI=1S/C20H19N5O2S/c1-21-19(26)18-13-7-3-4-8-14(13)20(27)25(23-18)12-24(2)11-17-22-15-9-5-6-10-16(15)28-17/h3-10H,11-12H2,1-2H3,(H,21,26). The highest BCUT2D eigenvalue weighted by Crippen LogP contribution is 2.22. The highest BCUT2D eigenvalue weighted by atomic mass is 32.1. The van der Waals surface area contributed by atoms with Crippen molar-refractivity contribution in [3.05, 3.63) is 69.6 Å². The topological polar surface area (TPSA) is 80.1 Å². The molecular formula is C20H19N5O2S.